The van der Waals surface area contributed by atoms with Gasteiger partial charge in [0.05, 0.1) is 16.8 Å². The van der Waals surface area contributed by atoms with E-state index < -0.39 is 0 Å². The van der Waals surface area contributed by atoms with Crippen molar-refractivity contribution in [1.82, 2.24) is 0 Å². The van der Waals surface area contributed by atoms with Gasteiger partial charge >= 0.3 is 0 Å². The summed E-state index contributed by atoms with van der Waals surface area (Å²) in [4.78, 5) is 4.84. The summed E-state index contributed by atoms with van der Waals surface area (Å²) in [6.45, 7) is 45.2. The molecule has 2 aliphatic carbocycles. The van der Waals surface area contributed by atoms with Gasteiger partial charge in [-0.25, -0.2) is 0 Å². The van der Waals surface area contributed by atoms with Crippen molar-refractivity contribution in [3.05, 3.63) is 330 Å². The molecule has 0 amide bonds. The molecule has 11 aromatic rings. The van der Waals surface area contributed by atoms with E-state index in [1.54, 1.807) is 11.1 Å². The smallest absolute Gasteiger partial charge is 0.0713 e. The van der Waals surface area contributed by atoms with Gasteiger partial charge < -0.3 is 9.80 Å². The van der Waals surface area contributed by atoms with Crippen molar-refractivity contribution in [2.45, 2.75) is 314 Å². The number of fused-ring (bicyclic) bond motifs is 6. The lowest BCUT2D eigenvalue weighted by Crippen LogP contribution is -2.29. The van der Waals surface area contributed by atoms with Crippen molar-refractivity contribution in [2.75, 3.05) is 9.80 Å². The molecule has 0 aromatic heterocycles. The Balaban J connectivity index is 0.000000174. The second-order valence-electron chi connectivity index (χ2n) is 37.4. The Morgan fingerprint density at radius 1 is 0.250 bits per heavy atom. The van der Waals surface area contributed by atoms with E-state index in [2.05, 4.69) is 367 Å². The van der Waals surface area contributed by atoms with Crippen LogP contribution in [0.2, 0.25) is 0 Å². The number of nitrogens with zero attached hydrogens (tertiary/aromatic N) is 2. The molecule has 0 N–H and O–H groups in total. The van der Waals surface area contributed by atoms with E-state index in [0.29, 0.717) is 0 Å². The molecule has 0 spiro atoms. The van der Waals surface area contributed by atoms with Gasteiger partial charge in [0.15, 0.2) is 0 Å². The third kappa shape index (κ3) is 20.6. The van der Waals surface area contributed by atoms with E-state index >= 15 is 0 Å². The number of anilines is 6. The molecule has 2 aliphatic rings. The molecule has 610 valence electrons. The third-order valence-electron chi connectivity index (χ3n) is 25.6. The summed E-state index contributed by atoms with van der Waals surface area (Å²) in [5.74, 6) is 0. The molecule has 0 bridgehead atoms. The Kier molecular flexibility index (Phi) is 30.3. The molecule has 0 heterocycles. The summed E-state index contributed by atoms with van der Waals surface area (Å²) in [6.07, 6.45) is 32.0. The van der Waals surface area contributed by atoms with Gasteiger partial charge in [0.2, 0.25) is 0 Å². The van der Waals surface area contributed by atoms with Crippen molar-refractivity contribution >= 4 is 34.1 Å². The topological polar surface area (TPSA) is 6.48 Å². The molecule has 0 atom stereocenters. The van der Waals surface area contributed by atoms with Gasteiger partial charge in [0.25, 0.3) is 0 Å². The monoisotopic (exact) mass is 1540 g/mol. The molecule has 0 fully saturated rings. The lowest BCUT2D eigenvalue weighted by molar-refractivity contribution is 0.397. The fraction of sp³-hybridized carbons (Fsp3) is 0.421. The molecule has 2 heteroatoms. The number of benzene rings is 11. The summed E-state index contributed by atoms with van der Waals surface area (Å²) in [5.41, 5.74) is 40.6. The molecule has 13 rings (SSSR count). The zero-order valence-corrected chi connectivity index (χ0v) is 75.6. The van der Waals surface area contributed by atoms with E-state index in [1.807, 2.05) is 0 Å². The third-order valence-corrected chi connectivity index (χ3v) is 25.6. The largest absolute Gasteiger partial charge is 0.310 e. The summed E-state index contributed by atoms with van der Waals surface area (Å²) in [6, 6.07) is 84.3. The van der Waals surface area contributed by atoms with Gasteiger partial charge in [-0.05, 0) is 267 Å². The fourth-order valence-electron chi connectivity index (χ4n) is 18.9. The normalized spacial score (nSPS) is 12.9. The van der Waals surface area contributed by atoms with E-state index in [1.165, 1.54) is 288 Å². The molecular weight excluding hydrogens is 1400 g/mol. The number of hydrogen-bond donors (Lipinski definition) is 0. The van der Waals surface area contributed by atoms with Crippen LogP contribution in [0.25, 0.3) is 22.3 Å². The van der Waals surface area contributed by atoms with Gasteiger partial charge in [-0.1, -0.05) is 388 Å². The fourth-order valence-corrected chi connectivity index (χ4v) is 18.9. The molecular formula is C114H144N2. The second-order valence-corrected chi connectivity index (χ2v) is 37.4. The van der Waals surface area contributed by atoms with Gasteiger partial charge in [-0.3, -0.25) is 0 Å². The van der Waals surface area contributed by atoms with E-state index in [-0.39, 0.29) is 21.7 Å². The molecule has 116 heavy (non-hydrogen) atoms. The quantitative estimate of drug-likeness (QED) is 0.0388. The SMILES string of the molecule is CCCCCCCCC1(CCCCCCCC)c2cc(C)ccc2-c2ccc(C)cc21.CCCCCCc1ccc(C2(c3ccc(CCCCCC)cc3)c3cc(C)ccc3-c3ccc(C)cc32)cc1.Cc1ccc(N(c2ccc(N(c3ccc(C)cc3)c3c(C)cc(C(C)(C)C)cc3C)cc2)c2c(C)cc(C(C)(C)C)cc2C)cc1. The highest BCUT2D eigenvalue weighted by molar-refractivity contribution is 5.88. The lowest BCUT2D eigenvalue weighted by Gasteiger charge is -2.34. The van der Waals surface area contributed by atoms with Gasteiger partial charge in [-0.15, -0.1) is 0 Å². The number of rotatable bonds is 32. The van der Waals surface area contributed by atoms with Crippen LogP contribution >= 0.6 is 0 Å². The number of unbranched alkanes of at least 4 members (excludes halogenated alkanes) is 16. The van der Waals surface area contributed by atoms with Gasteiger partial charge in [-0.2, -0.15) is 0 Å². The highest BCUT2D eigenvalue weighted by Crippen LogP contribution is 2.58. The first-order valence-corrected chi connectivity index (χ1v) is 45.5. The Hall–Kier alpha value is -8.98. The predicted octanol–water partition coefficient (Wildman–Crippen LogP) is 34.1. The van der Waals surface area contributed by atoms with E-state index in [9.17, 15) is 0 Å². The van der Waals surface area contributed by atoms with Crippen LogP contribution in [-0.2, 0) is 34.5 Å². The number of hydrogen-bond acceptors (Lipinski definition) is 2. The average Bonchev–Trinajstić information content (AvgIpc) is 1.53. The lowest BCUT2D eigenvalue weighted by atomic mass is 9.67. The molecule has 0 aliphatic heterocycles. The van der Waals surface area contributed by atoms with Crippen molar-refractivity contribution in [3.8, 4) is 22.3 Å². The maximum absolute atomic E-state index is 2.53. The van der Waals surface area contributed by atoms with Gasteiger partial charge in [0.1, 0.15) is 0 Å². The maximum atomic E-state index is 2.53. The zero-order chi connectivity index (χ0) is 82.9. The number of aryl methyl sites for hydroxylation is 12. The van der Waals surface area contributed by atoms with Crippen LogP contribution in [0, 0.1) is 69.2 Å². The molecule has 0 unspecified atom stereocenters. The van der Waals surface area contributed by atoms with Gasteiger partial charge in [0, 0.05) is 28.2 Å². The zero-order valence-electron chi connectivity index (χ0n) is 75.6. The van der Waals surface area contributed by atoms with Crippen molar-refractivity contribution < 1.29 is 0 Å². The van der Waals surface area contributed by atoms with Crippen LogP contribution < -0.4 is 9.80 Å². The summed E-state index contributed by atoms with van der Waals surface area (Å²) < 4.78 is 0. The molecule has 2 nitrogen and oxygen atoms in total. The molecule has 0 saturated carbocycles. The summed E-state index contributed by atoms with van der Waals surface area (Å²) in [5, 5.41) is 0. The first-order chi connectivity index (χ1) is 55.7. The van der Waals surface area contributed by atoms with Crippen LogP contribution in [0.1, 0.15) is 322 Å². The molecule has 0 saturated heterocycles. The second kappa shape index (κ2) is 40.0. The van der Waals surface area contributed by atoms with E-state index in [4.69, 9.17) is 0 Å². The molecule has 11 aromatic carbocycles. The minimum Gasteiger partial charge on any atom is -0.310 e. The van der Waals surface area contributed by atoms with Crippen molar-refractivity contribution in [1.29, 1.82) is 0 Å². The highest BCUT2D eigenvalue weighted by Gasteiger charge is 2.47. The summed E-state index contributed by atoms with van der Waals surface area (Å²) >= 11 is 0. The Labute approximate surface area is 705 Å². The van der Waals surface area contributed by atoms with Crippen molar-refractivity contribution in [3.63, 3.8) is 0 Å². The molecule has 0 radical (unpaired) electrons. The average molecular weight is 1540 g/mol. The Morgan fingerprint density at radius 3 is 0.793 bits per heavy atom. The maximum Gasteiger partial charge on any atom is 0.0713 e. The van der Waals surface area contributed by atoms with Crippen LogP contribution in [0.15, 0.2) is 218 Å². The minimum absolute atomic E-state index is 0.0885. The van der Waals surface area contributed by atoms with Crippen molar-refractivity contribution in [2.24, 2.45) is 0 Å². The van der Waals surface area contributed by atoms with Crippen LogP contribution in [0.3, 0.4) is 0 Å². The van der Waals surface area contributed by atoms with Crippen LogP contribution in [0.4, 0.5) is 34.1 Å². The predicted molar refractivity (Wildman–Crippen MR) is 509 cm³/mol. The Bertz CT molecular complexity index is 4620. The Morgan fingerprint density at radius 2 is 0.500 bits per heavy atom. The first-order valence-electron chi connectivity index (χ1n) is 45.5. The summed E-state index contributed by atoms with van der Waals surface area (Å²) in [7, 11) is 0. The minimum atomic E-state index is -0.301. The first kappa shape index (κ1) is 87.8. The highest BCUT2D eigenvalue weighted by atomic mass is 15.2. The standard InChI is InChI=1S/C44H52N2.C39H46.C31H46/c1-29-13-17-37(18-14-29)45(41-31(3)25-35(26-32(41)4)43(7,8)9)39-21-23-40(24-22-39)46(38-19-15-30(2)16-20-38)42-33(5)27-36(28-34(42)6)44(10,11)12;1-5-7-9-11-13-31-17-21-33(22-18-31)39(34-23-19-32(20-24-34)14-12-10-8-6-2)37-27-29(3)15-25-35(37)36-26-16-30(4)28-38(36)39;1-5-7-9-11-13-15-21-31(22-16-14-12-10-8-6-2)29-23-25(3)17-19-27(29)28-20-18-26(4)24-30(28)31/h13-28H,1-12H3;15-28H,5-14H2,1-4H3;17-20,23-24H,5-16,21-22H2,1-4H3. The van der Waals surface area contributed by atoms with E-state index in [0.717, 1.165) is 22.7 Å². The van der Waals surface area contributed by atoms with Crippen LogP contribution in [-0.4, -0.2) is 0 Å². The van der Waals surface area contributed by atoms with Crippen LogP contribution in [0.5, 0.6) is 0 Å².